The first-order valence-electron chi connectivity index (χ1n) is 10.1. The van der Waals surface area contributed by atoms with Crippen molar-refractivity contribution in [1.82, 2.24) is 19.7 Å². The van der Waals surface area contributed by atoms with E-state index in [4.69, 9.17) is 4.74 Å². The molecule has 3 heterocycles. The van der Waals surface area contributed by atoms with Gasteiger partial charge in [-0.05, 0) is 31.9 Å². The molecule has 2 aromatic heterocycles. The van der Waals surface area contributed by atoms with Gasteiger partial charge < -0.3 is 14.7 Å². The van der Waals surface area contributed by atoms with Crippen LogP contribution >= 0.6 is 11.3 Å². The van der Waals surface area contributed by atoms with Gasteiger partial charge in [-0.2, -0.15) is 5.10 Å². The van der Waals surface area contributed by atoms with Gasteiger partial charge in [0.1, 0.15) is 23.0 Å². The van der Waals surface area contributed by atoms with Crippen molar-refractivity contribution in [3.63, 3.8) is 0 Å². The number of benzene rings is 1. The molecule has 1 aliphatic heterocycles. The first-order chi connectivity index (χ1) is 14.4. The zero-order valence-corrected chi connectivity index (χ0v) is 18.1. The Morgan fingerprint density at radius 3 is 2.80 bits per heavy atom. The lowest BCUT2D eigenvalue weighted by Gasteiger charge is -2.24. The van der Waals surface area contributed by atoms with Gasteiger partial charge in [-0.25, -0.2) is 4.98 Å². The van der Waals surface area contributed by atoms with E-state index in [2.05, 4.69) is 10.1 Å². The number of nitrogens with zero attached hydrogens (tertiary/aromatic N) is 4. The number of hydrogen-bond acceptors (Lipinski definition) is 6. The molecule has 7 nitrogen and oxygen atoms in total. The monoisotopic (exact) mass is 426 g/mol. The Bertz CT molecular complexity index is 1020. The fraction of sp³-hybridized carbons (Fsp3) is 0.409. The summed E-state index contributed by atoms with van der Waals surface area (Å²) in [6, 6.07) is 9.67. The second kappa shape index (κ2) is 8.57. The molecule has 158 valence electrons. The number of likely N-dealkylation sites (tertiary alicyclic amines) is 1. The number of amides is 1. The number of thiazole rings is 1. The summed E-state index contributed by atoms with van der Waals surface area (Å²) in [5.74, 6) is 0.768. The smallest absolute Gasteiger partial charge is 0.257 e. The second-order valence-corrected chi connectivity index (χ2v) is 8.79. The van der Waals surface area contributed by atoms with Crippen molar-refractivity contribution in [2.75, 3.05) is 13.1 Å². The predicted molar refractivity (Wildman–Crippen MR) is 114 cm³/mol. The van der Waals surface area contributed by atoms with Crippen LogP contribution in [0.15, 0.2) is 42.7 Å². The number of para-hydroxylation sites is 1. The number of aromatic nitrogens is 3. The Kier molecular flexibility index (Phi) is 5.87. The Labute approximate surface area is 179 Å². The molecule has 0 aliphatic carbocycles. The average Bonchev–Trinajstić information content (AvgIpc) is 3.29. The van der Waals surface area contributed by atoms with Gasteiger partial charge >= 0.3 is 0 Å². The first kappa shape index (κ1) is 20.6. The van der Waals surface area contributed by atoms with Gasteiger partial charge in [-0.15, -0.1) is 11.3 Å². The van der Waals surface area contributed by atoms with Crippen LogP contribution in [0.2, 0.25) is 0 Å². The number of carbonyl (C=O) groups is 1. The predicted octanol–water partition coefficient (Wildman–Crippen LogP) is 3.28. The zero-order valence-electron chi connectivity index (χ0n) is 17.2. The third-order valence-electron chi connectivity index (χ3n) is 5.46. The summed E-state index contributed by atoms with van der Waals surface area (Å²) in [4.78, 5) is 20.2. The van der Waals surface area contributed by atoms with E-state index in [1.807, 2.05) is 37.3 Å². The summed E-state index contributed by atoms with van der Waals surface area (Å²) in [6.45, 7) is 3.47. The number of aryl methyl sites for hydroxylation is 2. The number of aliphatic hydroxyl groups is 1. The van der Waals surface area contributed by atoms with Gasteiger partial charge in [0.2, 0.25) is 0 Å². The maximum atomic E-state index is 12.8. The van der Waals surface area contributed by atoms with Gasteiger partial charge in [0.15, 0.2) is 0 Å². The van der Waals surface area contributed by atoms with E-state index in [0.29, 0.717) is 43.1 Å². The molecule has 0 bridgehead atoms. The Hall–Kier alpha value is -2.71. The normalized spacial score (nSPS) is 19.5. The van der Waals surface area contributed by atoms with Gasteiger partial charge in [-0.3, -0.25) is 9.48 Å². The standard InChI is InChI=1S/C22H26N4O3S/c1-16-19(15-29-18-7-4-3-5-8-18)30-21(24-16)22(28)9-6-11-26(12-10-22)20(27)17-13-23-25(2)14-17/h3-5,7-8,13-14,28H,6,9-12,15H2,1-2H3. The van der Waals surface area contributed by atoms with Crippen LogP contribution in [0.4, 0.5) is 0 Å². The van der Waals surface area contributed by atoms with Crippen molar-refractivity contribution in [2.45, 2.75) is 38.4 Å². The van der Waals surface area contributed by atoms with Crippen molar-refractivity contribution >= 4 is 17.2 Å². The largest absolute Gasteiger partial charge is 0.488 e. The summed E-state index contributed by atoms with van der Waals surface area (Å²) >= 11 is 1.50. The minimum Gasteiger partial charge on any atom is -0.488 e. The number of carbonyl (C=O) groups excluding carboxylic acids is 1. The van der Waals surface area contributed by atoms with Crippen LogP contribution in [0.3, 0.4) is 0 Å². The molecule has 0 spiro atoms. The minimum atomic E-state index is -1.02. The molecule has 1 unspecified atom stereocenters. The fourth-order valence-electron chi connectivity index (χ4n) is 3.68. The summed E-state index contributed by atoms with van der Waals surface area (Å²) in [7, 11) is 1.79. The molecule has 1 fully saturated rings. The van der Waals surface area contributed by atoms with Crippen molar-refractivity contribution in [3.05, 3.63) is 63.9 Å². The molecular weight excluding hydrogens is 400 g/mol. The van der Waals surface area contributed by atoms with Gasteiger partial charge in [-0.1, -0.05) is 18.2 Å². The maximum absolute atomic E-state index is 12.8. The van der Waals surface area contributed by atoms with Gasteiger partial charge in [0.05, 0.1) is 22.3 Å². The van der Waals surface area contributed by atoms with Crippen LogP contribution < -0.4 is 4.74 Å². The third kappa shape index (κ3) is 4.39. The summed E-state index contributed by atoms with van der Waals surface area (Å²) < 4.78 is 7.48. The number of ether oxygens (including phenoxy) is 1. The van der Waals surface area contributed by atoms with Crippen molar-refractivity contribution in [3.8, 4) is 5.75 Å². The highest BCUT2D eigenvalue weighted by Crippen LogP contribution is 2.37. The molecule has 1 N–H and O–H groups in total. The Morgan fingerprint density at radius 1 is 1.27 bits per heavy atom. The molecular formula is C22H26N4O3S. The van der Waals surface area contributed by atoms with Crippen LogP contribution in [0.5, 0.6) is 5.75 Å². The van der Waals surface area contributed by atoms with E-state index in [9.17, 15) is 9.90 Å². The molecule has 8 heteroatoms. The van der Waals surface area contributed by atoms with E-state index in [0.717, 1.165) is 22.7 Å². The van der Waals surface area contributed by atoms with E-state index in [1.165, 1.54) is 11.3 Å². The van der Waals surface area contributed by atoms with Crippen LogP contribution in [0.1, 0.15) is 45.2 Å². The summed E-state index contributed by atoms with van der Waals surface area (Å²) in [5, 5.41) is 16.2. The fourth-order valence-corrected chi connectivity index (χ4v) is 4.80. The molecule has 3 aromatic rings. The van der Waals surface area contributed by atoms with Gasteiger partial charge in [0, 0.05) is 32.8 Å². The molecule has 30 heavy (non-hydrogen) atoms. The lowest BCUT2D eigenvalue weighted by molar-refractivity contribution is 0.0209. The SMILES string of the molecule is Cc1nc(C2(O)CCCN(C(=O)c3cnn(C)c3)CC2)sc1COc1ccccc1. The summed E-state index contributed by atoms with van der Waals surface area (Å²) in [5.41, 5.74) is 0.435. The highest BCUT2D eigenvalue weighted by Gasteiger charge is 2.36. The highest BCUT2D eigenvalue weighted by atomic mass is 32.1. The topological polar surface area (TPSA) is 80.5 Å². The van der Waals surface area contributed by atoms with E-state index < -0.39 is 5.60 Å². The van der Waals surface area contributed by atoms with E-state index >= 15 is 0 Å². The molecule has 0 saturated carbocycles. The van der Waals surface area contributed by atoms with Crippen LogP contribution in [0, 0.1) is 6.92 Å². The van der Waals surface area contributed by atoms with Crippen LogP contribution in [-0.2, 0) is 19.3 Å². The highest BCUT2D eigenvalue weighted by molar-refractivity contribution is 7.11. The molecule has 1 atom stereocenters. The lowest BCUT2D eigenvalue weighted by atomic mass is 9.96. The third-order valence-corrected chi connectivity index (χ3v) is 6.78. The van der Waals surface area contributed by atoms with Crippen molar-refractivity contribution in [1.29, 1.82) is 0 Å². The van der Waals surface area contributed by atoms with E-state index in [-0.39, 0.29) is 5.91 Å². The Morgan fingerprint density at radius 2 is 2.07 bits per heavy atom. The second-order valence-electron chi connectivity index (χ2n) is 7.71. The van der Waals surface area contributed by atoms with Crippen molar-refractivity contribution in [2.24, 2.45) is 7.05 Å². The maximum Gasteiger partial charge on any atom is 0.257 e. The molecule has 0 radical (unpaired) electrons. The van der Waals surface area contributed by atoms with Crippen LogP contribution in [0.25, 0.3) is 0 Å². The Balaban J connectivity index is 1.44. The van der Waals surface area contributed by atoms with Crippen LogP contribution in [-0.4, -0.2) is 43.8 Å². The molecule has 1 saturated heterocycles. The molecule has 1 aliphatic rings. The quantitative estimate of drug-likeness (QED) is 0.677. The number of hydrogen-bond donors (Lipinski definition) is 1. The molecule has 1 amide bonds. The zero-order chi connectivity index (χ0) is 21.1. The summed E-state index contributed by atoms with van der Waals surface area (Å²) in [6.07, 6.45) is 5.07. The van der Waals surface area contributed by atoms with Gasteiger partial charge in [0.25, 0.3) is 5.91 Å². The van der Waals surface area contributed by atoms with Crippen molar-refractivity contribution < 1.29 is 14.6 Å². The number of rotatable bonds is 5. The minimum absolute atomic E-state index is 0.0420. The molecule has 4 rings (SSSR count). The lowest BCUT2D eigenvalue weighted by Crippen LogP contribution is -2.33. The first-order valence-corrected chi connectivity index (χ1v) is 10.9. The average molecular weight is 427 g/mol. The van der Waals surface area contributed by atoms with E-state index in [1.54, 1.807) is 29.0 Å². The molecule has 1 aromatic carbocycles.